The number of pyridine rings is 1. The Balaban J connectivity index is 3.30. The number of hydrogen-bond acceptors (Lipinski definition) is 2. The summed E-state index contributed by atoms with van der Waals surface area (Å²) in [6, 6.07) is 0. The fourth-order valence-electron chi connectivity index (χ4n) is 0.804. The van der Waals surface area contributed by atoms with Gasteiger partial charge >= 0.3 is 0 Å². The molecule has 0 N–H and O–H groups in total. The first kappa shape index (κ1) is 9.76. The van der Waals surface area contributed by atoms with Crippen LogP contribution < -0.4 is 4.74 Å². The van der Waals surface area contributed by atoms with Gasteiger partial charge in [-0.15, -0.1) is 0 Å². The number of methoxy groups -OCH3 is 1. The van der Waals surface area contributed by atoms with Crippen LogP contribution in [0.25, 0.3) is 0 Å². The van der Waals surface area contributed by atoms with Crippen molar-refractivity contribution in [2.24, 2.45) is 0 Å². The number of rotatable bonds is 2. The summed E-state index contributed by atoms with van der Waals surface area (Å²) < 4.78 is 53.8. The van der Waals surface area contributed by atoms with Gasteiger partial charge in [0.05, 0.1) is 18.9 Å². The van der Waals surface area contributed by atoms with Crippen molar-refractivity contribution in [3.8, 4) is 5.88 Å². The van der Waals surface area contributed by atoms with Gasteiger partial charge in [-0.25, -0.2) is 22.5 Å². The van der Waals surface area contributed by atoms with Crippen LogP contribution in [0.2, 0.25) is 0 Å². The molecule has 72 valence electrons. The molecule has 1 heterocycles. The predicted molar refractivity (Wildman–Crippen MR) is 35.7 cm³/mol. The molecule has 0 unspecified atom stereocenters. The Bertz CT molecular complexity index is 316. The molecule has 1 aromatic rings. The van der Waals surface area contributed by atoms with Crippen LogP contribution in [0.4, 0.5) is 17.6 Å². The average molecular weight is 195 g/mol. The van der Waals surface area contributed by atoms with Gasteiger partial charge in [0.2, 0.25) is 0 Å². The monoisotopic (exact) mass is 195 g/mol. The van der Waals surface area contributed by atoms with E-state index < -0.39 is 29.5 Å². The van der Waals surface area contributed by atoms with Crippen molar-refractivity contribution in [3.63, 3.8) is 0 Å². The Kier molecular flexibility index (Phi) is 2.69. The lowest BCUT2D eigenvalue weighted by atomic mass is 10.2. The minimum atomic E-state index is -3.23. The molecule has 0 aliphatic rings. The first-order valence-electron chi connectivity index (χ1n) is 3.24. The van der Waals surface area contributed by atoms with E-state index in [1.54, 1.807) is 0 Å². The van der Waals surface area contributed by atoms with Gasteiger partial charge in [-0.1, -0.05) is 0 Å². The van der Waals surface area contributed by atoms with Crippen molar-refractivity contribution < 1.29 is 22.3 Å². The third-order valence-corrected chi connectivity index (χ3v) is 1.39. The van der Waals surface area contributed by atoms with Gasteiger partial charge in [0.1, 0.15) is 0 Å². The Morgan fingerprint density at radius 2 is 2.00 bits per heavy atom. The number of halogens is 4. The number of ether oxygens (including phenoxy) is 1. The molecule has 2 nitrogen and oxygen atoms in total. The number of aromatic nitrogens is 1. The highest BCUT2D eigenvalue weighted by molar-refractivity contribution is 5.25. The van der Waals surface area contributed by atoms with Crippen LogP contribution in [-0.4, -0.2) is 12.1 Å². The van der Waals surface area contributed by atoms with Crippen molar-refractivity contribution in [3.05, 3.63) is 23.4 Å². The van der Waals surface area contributed by atoms with Crippen LogP contribution in [0.5, 0.6) is 5.88 Å². The molecule has 0 radical (unpaired) electrons. The summed E-state index contributed by atoms with van der Waals surface area (Å²) >= 11 is 0. The highest BCUT2D eigenvalue weighted by Crippen LogP contribution is 2.28. The first-order chi connectivity index (χ1) is 6.07. The summed E-state index contributed by atoms with van der Waals surface area (Å²) in [4.78, 5) is 3.13. The molecule has 0 saturated carbocycles. The topological polar surface area (TPSA) is 22.1 Å². The highest BCUT2D eigenvalue weighted by atomic mass is 19.3. The van der Waals surface area contributed by atoms with Gasteiger partial charge in [0, 0.05) is 0 Å². The molecule has 0 spiro atoms. The van der Waals surface area contributed by atoms with Crippen LogP contribution in [0.15, 0.2) is 6.20 Å². The summed E-state index contributed by atoms with van der Waals surface area (Å²) in [7, 11) is 1.05. The van der Waals surface area contributed by atoms with Crippen molar-refractivity contribution in [2.75, 3.05) is 7.11 Å². The van der Waals surface area contributed by atoms with E-state index in [0.717, 1.165) is 7.11 Å². The second-order valence-corrected chi connectivity index (χ2v) is 2.14. The first-order valence-corrected chi connectivity index (χ1v) is 3.24. The Labute approximate surface area is 71.2 Å². The summed E-state index contributed by atoms with van der Waals surface area (Å²) in [5, 5.41) is 0. The van der Waals surface area contributed by atoms with E-state index in [9.17, 15) is 17.6 Å². The summed E-state index contributed by atoms with van der Waals surface area (Å²) in [6.07, 6.45) is -2.74. The lowest BCUT2D eigenvalue weighted by Gasteiger charge is -2.05. The van der Waals surface area contributed by atoms with Crippen molar-refractivity contribution in [1.82, 2.24) is 4.98 Å². The van der Waals surface area contributed by atoms with E-state index in [1.807, 2.05) is 0 Å². The van der Waals surface area contributed by atoms with E-state index >= 15 is 0 Å². The van der Waals surface area contributed by atoms with E-state index in [4.69, 9.17) is 0 Å². The molecule has 0 aliphatic heterocycles. The van der Waals surface area contributed by atoms with Crippen LogP contribution >= 0.6 is 0 Å². The highest BCUT2D eigenvalue weighted by Gasteiger charge is 2.23. The zero-order valence-electron chi connectivity index (χ0n) is 6.52. The fraction of sp³-hybridized carbons (Fsp3) is 0.286. The van der Waals surface area contributed by atoms with E-state index in [0.29, 0.717) is 6.20 Å². The molecule has 1 rings (SSSR count). The fourth-order valence-corrected chi connectivity index (χ4v) is 0.804. The van der Waals surface area contributed by atoms with Crippen molar-refractivity contribution in [2.45, 2.75) is 6.43 Å². The molecule has 1 aromatic heterocycles. The van der Waals surface area contributed by atoms with Gasteiger partial charge in [-0.3, -0.25) is 0 Å². The normalized spacial score (nSPS) is 10.6. The molecule has 0 bridgehead atoms. The summed E-state index contributed by atoms with van der Waals surface area (Å²) in [6.45, 7) is 0. The van der Waals surface area contributed by atoms with Crippen LogP contribution in [0, 0.1) is 11.6 Å². The van der Waals surface area contributed by atoms with Gasteiger partial charge < -0.3 is 4.74 Å². The van der Waals surface area contributed by atoms with Crippen molar-refractivity contribution in [1.29, 1.82) is 0 Å². The summed E-state index contributed by atoms with van der Waals surface area (Å²) in [5.41, 5.74) is -1.31. The second kappa shape index (κ2) is 3.59. The molecule has 0 atom stereocenters. The lowest BCUT2D eigenvalue weighted by molar-refractivity contribution is 0.139. The maximum atomic E-state index is 12.9. The molecule has 0 fully saturated rings. The standard InChI is InChI=1S/C7H5F4NO/c1-13-7-5(9)4(6(10)11)3(8)2-12-7/h2,6H,1H3. The van der Waals surface area contributed by atoms with Crippen LogP contribution in [0.1, 0.15) is 12.0 Å². The molecular weight excluding hydrogens is 190 g/mol. The Morgan fingerprint density at radius 3 is 2.46 bits per heavy atom. The minimum absolute atomic E-state index is 0.489. The third-order valence-electron chi connectivity index (χ3n) is 1.39. The molecule has 0 aromatic carbocycles. The van der Waals surface area contributed by atoms with E-state index in [2.05, 4.69) is 9.72 Å². The smallest absolute Gasteiger partial charge is 0.269 e. The Hall–Kier alpha value is -1.33. The molecular formula is C7H5F4NO. The average Bonchev–Trinajstić information content (AvgIpc) is 2.04. The van der Waals surface area contributed by atoms with Crippen LogP contribution in [0.3, 0.4) is 0 Å². The molecule has 6 heteroatoms. The van der Waals surface area contributed by atoms with Gasteiger partial charge in [0.25, 0.3) is 12.3 Å². The molecule has 0 saturated heterocycles. The van der Waals surface area contributed by atoms with Crippen LogP contribution in [-0.2, 0) is 0 Å². The maximum absolute atomic E-state index is 12.9. The maximum Gasteiger partial charge on any atom is 0.269 e. The van der Waals surface area contributed by atoms with Gasteiger partial charge in [0.15, 0.2) is 11.6 Å². The molecule has 13 heavy (non-hydrogen) atoms. The van der Waals surface area contributed by atoms with E-state index in [1.165, 1.54) is 0 Å². The van der Waals surface area contributed by atoms with E-state index in [-0.39, 0.29) is 0 Å². The predicted octanol–water partition coefficient (Wildman–Crippen LogP) is 2.31. The Morgan fingerprint density at radius 1 is 1.38 bits per heavy atom. The lowest BCUT2D eigenvalue weighted by Crippen LogP contribution is -2.01. The zero-order chi connectivity index (χ0) is 10.0. The number of alkyl halides is 2. The third kappa shape index (κ3) is 1.71. The SMILES string of the molecule is COc1ncc(F)c(C(F)F)c1F. The van der Waals surface area contributed by atoms with Gasteiger partial charge in [-0.05, 0) is 0 Å². The van der Waals surface area contributed by atoms with Gasteiger partial charge in [-0.2, -0.15) is 0 Å². The second-order valence-electron chi connectivity index (χ2n) is 2.14. The number of hydrogen-bond donors (Lipinski definition) is 0. The quantitative estimate of drug-likeness (QED) is 0.675. The molecule has 0 aliphatic carbocycles. The minimum Gasteiger partial charge on any atom is -0.479 e. The largest absolute Gasteiger partial charge is 0.479 e. The van der Waals surface area contributed by atoms with Crippen molar-refractivity contribution >= 4 is 0 Å². The zero-order valence-corrected chi connectivity index (χ0v) is 6.52. The molecule has 0 amide bonds. The summed E-state index contributed by atoms with van der Waals surface area (Å²) in [5.74, 6) is -3.48. The number of nitrogens with zero attached hydrogens (tertiary/aromatic N) is 1.